The lowest BCUT2D eigenvalue weighted by atomic mass is 10.2. The number of carbonyl (C=O) groups excluding carboxylic acids is 2. The van der Waals surface area contributed by atoms with Crippen molar-refractivity contribution in [2.75, 3.05) is 26.5 Å². The second-order valence-electron chi connectivity index (χ2n) is 6.70. The third-order valence-electron chi connectivity index (χ3n) is 4.37. The van der Waals surface area contributed by atoms with E-state index in [-0.39, 0.29) is 44.1 Å². The first-order valence-corrected chi connectivity index (χ1v) is 9.56. The molecule has 31 heavy (non-hydrogen) atoms. The first-order chi connectivity index (χ1) is 15.1. The fraction of sp³-hybridized carbons (Fsp3) is 0.238. The monoisotopic (exact) mass is 424 g/mol. The van der Waals surface area contributed by atoms with E-state index >= 15 is 0 Å². The van der Waals surface area contributed by atoms with E-state index in [0.29, 0.717) is 22.8 Å². The third kappa shape index (κ3) is 5.10. The first kappa shape index (κ1) is 20.2. The number of hydrogen-bond acceptors (Lipinski definition) is 8. The topological polar surface area (TPSA) is 125 Å². The van der Waals surface area contributed by atoms with Crippen molar-refractivity contribution in [3.8, 4) is 28.6 Å². The molecule has 0 aliphatic carbocycles. The van der Waals surface area contributed by atoms with Gasteiger partial charge in [-0.05, 0) is 37.3 Å². The molecule has 1 aliphatic rings. The van der Waals surface area contributed by atoms with Crippen LogP contribution in [-0.4, -0.2) is 48.4 Å². The van der Waals surface area contributed by atoms with Gasteiger partial charge in [0.05, 0.1) is 0 Å². The molecule has 0 spiro atoms. The first-order valence-electron chi connectivity index (χ1n) is 9.56. The van der Waals surface area contributed by atoms with Crippen LogP contribution in [0.2, 0.25) is 0 Å². The van der Waals surface area contributed by atoms with E-state index in [1.165, 1.54) is 0 Å². The molecule has 1 aromatic heterocycles. The zero-order chi connectivity index (χ0) is 21.6. The average Bonchev–Trinajstić information content (AvgIpc) is 3.45. The number of amides is 2. The maximum atomic E-state index is 12.2. The van der Waals surface area contributed by atoms with Gasteiger partial charge in [-0.2, -0.15) is 4.98 Å². The number of carbonyl (C=O) groups is 2. The van der Waals surface area contributed by atoms with Gasteiger partial charge in [-0.3, -0.25) is 9.59 Å². The molecule has 0 saturated heterocycles. The Kier molecular flexibility index (Phi) is 5.97. The quantitative estimate of drug-likeness (QED) is 0.524. The molecule has 0 saturated carbocycles. The predicted molar refractivity (Wildman–Crippen MR) is 108 cm³/mol. The molecule has 10 heteroatoms. The van der Waals surface area contributed by atoms with Crippen LogP contribution in [0.15, 0.2) is 47.0 Å². The van der Waals surface area contributed by atoms with E-state index < -0.39 is 5.91 Å². The number of hydrogen-bond donors (Lipinski definition) is 2. The molecular formula is C21H20N4O6. The van der Waals surface area contributed by atoms with Crippen molar-refractivity contribution in [3.63, 3.8) is 0 Å². The van der Waals surface area contributed by atoms with Gasteiger partial charge in [0, 0.05) is 18.7 Å². The van der Waals surface area contributed by atoms with Crippen LogP contribution < -0.4 is 24.8 Å². The Morgan fingerprint density at radius 1 is 1.03 bits per heavy atom. The standard InChI is InChI=1S/C21H20N4O6/c1-13-2-5-15(6-3-13)28-11-18(26)22-8-9-23-20(27)21-24-19(25-31-21)14-4-7-16-17(10-14)30-12-29-16/h2-7,10H,8-9,11-12H2,1H3,(H,22,26)(H,23,27). The summed E-state index contributed by atoms with van der Waals surface area (Å²) >= 11 is 0. The number of rotatable bonds is 8. The van der Waals surface area contributed by atoms with Crippen molar-refractivity contribution in [1.29, 1.82) is 0 Å². The van der Waals surface area contributed by atoms with Gasteiger partial charge < -0.3 is 29.4 Å². The van der Waals surface area contributed by atoms with Crippen LogP contribution in [0.3, 0.4) is 0 Å². The summed E-state index contributed by atoms with van der Waals surface area (Å²) in [5, 5.41) is 9.08. The zero-order valence-corrected chi connectivity index (χ0v) is 16.7. The van der Waals surface area contributed by atoms with Crippen molar-refractivity contribution in [1.82, 2.24) is 20.8 Å². The summed E-state index contributed by atoms with van der Waals surface area (Å²) in [5.74, 6) is 1.07. The number of ether oxygens (including phenoxy) is 3. The molecule has 2 aromatic carbocycles. The van der Waals surface area contributed by atoms with Crippen LogP contribution >= 0.6 is 0 Å². The van der Waals surface area contributed by atoms with Crippen molar-refractivity contribution in [2.45, 2.75) is 6.92 Å². The maximum absolute atomic E-state index is 12.2. The largest absolute Gasteiger partial charge is 0.484 e. The van der Waals surface area contributed by atoms with Gasteiger partial charge in [0.25, 0.3) is 5.91 Å². The summed E-state index contributed by atoms with van der Waals surface area (Å²) in [6.07, 6.45) is 0. The number of fused-ring (bicyclic) bond motifs is 1. The highest BCUT2D eigenvalue weighted by atomic mass is 16.7. The molecule has 3 aromatic rings. The maximum Gasteiger partial charge on any atom is 0.316 e. The summed E-state index contributed by atoms with van der Waals surface area (Å²) in [4.78, 5) is 28.1. The van der Waals surface area contributed by atoms with Crippen LogP contribution in [0, 0.1) is 6.92 Å². The van der Waals surface area contributed by atoms with E-state index in [4.69, 9.17) is 18.7 Å². The number of benzene rings is 2. The minimum atomic E-state index is -0.537. The molecule has 160 valence electrons. The minimum Gasteiger partial charge on any atom is -0.484 e. The number of aryl methyl sites for hydroxylation is 1. The van der Waals surface area contributed by atoms with Crippen LogP contribution in [0.25, 0.3) is 11.4 Å². The minimum absolute atomic E-state index is 0.112. The summed E-state index contributed by atoms with van der Waals surface area (Å²) in [6.45, 7) is 2.44. The van der Waals surface area contributed by atoms with Gasteiger partial charge in [0.1, 0.15) is 5.75 Å². The Morgan fingerprint density at radius 3 is 2.65 bits per heavy atom. The van der Waals surface area contributed by atoms with Crippen LogP contribution in [0.1, 0.15) is 16.2 Å². The van der Waals surface area contributed by atoms with Crippen LogP contribution in [-0.2, 0) is 4.79 Å². The molecule has 0 bridgehead atoms. The molecule has 2 heterocycles. The van der Waals surface area contributed by atoms with Crippen molar-refractivity contribution in [2.24, 2.45) is 0 Å². The second-order valence-corrected chi connectivity index (χ2v) is 6.70. The average molecular weight is 424 g/mol. The van der Waals surface area contributed by atoms with E-state index in [1.54, 1.807) is 30.3 Å². The van der Waals surface area contributed by atoms with Crippen molar-refractivity contribution < 1.29 is 28.3 Å². The molecule has 2 N–H and O–H groups in total. The van der Waals surface area contributed by atoms with Gasteiger partial charge in [0.2, 0.25) is 12.6 Å². The predicted octanol–water partition coefficient (Wildman–Crippen LogP) is 1.70. The Morgan fingerprint density at radius 2 is 1.81 bits per heavy atom. The van der Waals surface area contributed by atoms with Gasteiger partial charge in [-0.15, -0.1) is 0 Å². The van der Waals surface area contributed by atoms with Crippen LogP contribution in [0.5, 0.6) is 17.2 Å². The molecule has 0 atom stereocenters. The summed E-state index contributed by atoms with van der Waals surface area (Å²) in [7, 11) is 0. The Hall–Kier alpha value is -4.08. The highest BCUT2D eigenvalue weighted by Crippen LogP contribution is 2.35. The highest BCUT2D eigenvalue weighted by molar-refractivity contribution is 5.90. The normalized spacial score (nSPS) is 11.8. The Labute approximate surface area is 177 Å². The molecule has 0 fully saturated rings. The van der Waals surface area contributed by atoms with E-state index in [1.807, 2.05) is 19.1 Å². The zero-order valence-electron chi connectivity index (χ0n) is 16.7. The molecule has 10 nitrogen and oxygen atoms in total. The number of aromatic nitrogens is 2. The lowest BCUT2D eigenvalue weighted by Gasteiger charge is -2.08. The van der Waals surface area contributed by atoms with Crippen LogP contribution in [0.4, 0.5) is 0 Å². The second kappa shape index (κ2) is 9.16. The number of nitrogens with one attached hydrogen (secondary N) is 2. The lowest BCUT2D eigenvalue weighted by Crippen LogP contribution is -2.36. The Bertz CT molecular complexity index is 1080. The molecule has 4 rings (SSSR count). The fourth-order valence-electron chi connectivity index (χ4n) is 2.76. The molecule has 2 amide bonds. The summed E-state index contributed by atoms with van der Waals surface area (Å²) < 4.78 is 21.0. The van der Waals surface area contributed by atoms with Gasteiger partial charge in [-0.25, -0.2) is 0 Å². The van der Waals surface area contributed by atoms with E-state index in [0.717, 1.165) is 5.56 Å². The molecule has 1 aliphatic heterocycles. The van der Waals surface area contributed by atoms with E-state index in [9.17, 15) is 9.59 Å². The summed E-state index contributed by atoms with van der Waals surface area (Å²) in [5.41, 5.74) is 1.74. The highest BCUT2D eigenvalue weighted by Gasteiger charge is 2.19. The molecular weight excluding hydrogens is 404 g/mol. The van der Waals surface area contributed by atoms with Gasteiger partial charge in [-0.1, -0.05) is 22.9 Å². The van der Waals surface area contributed by atoms with Crippen molar-refractivity contribution in [3.05, 3.63) is 53.9 Å². The smallest absolute Gasteiger partial charge is 0.316 e. The number of nitrogens with zero attached hydrogens (tertiary/aromatic N) is 2. The van der Waals surface area contributed by atoms with E-state index in [2.05, 4.69) is 20.8 Å². The SMILES string of the molecule is Cc1ccc(OCC(=O)NCCNC(=O)c2nc(-c3ccc4c(c3)OCO4)no2)cc1. The van der Waals surface area contributed by atoms with Crippen molar-refractivity contribution >= 4 is 11.8 Å². The third-order valence-corrected chi connectivity index (χ3v) is 4.37. The fourth-order valence-corrected chi connectivity index (χ4v) is 2.76. The molecule has 0 unspecified atom stereocenters. The van der Waals surface area contributed by atoms with Gasteiger partial charge >= 0.3 is 11.8 Å². The molecule has 0 radical (unpaired) electrons. The van der Waals surface area contributed by atoms with Gasteiger partial charge in [0.15, 0.2) is 18.1 Å². The Balaban J connectivity index is 1.20. The summed E-state index contributed by atoms with van der Waals surface area (Å²) in [6, 6.07) is 12.6. The lowest BCUT2D eigenvalue weighted by molar-refractivity contribution is -0.123.